The Hall–Kier alpha value is -2.67. The Labute approximate surface area is 120 Å². The molecule has 1 aliphatic rings. The minimum atomic E-state index is -0.874. The normalized spacial score (nSPS) is 16.3. The number of urea groups is 1. The minimum absolute atomic E-state index is 0.265. The van der Waals surface area contributed by atoms with Crippen LogP contribution in [0.1, 0.15) is 5.56 Å². The molecule has 1 aromatic carbocycles. The summed E-state index contributed by atoms with van der Waals surface area (Å²) < 4.78 is 0. The molecule has 1 atom stereocenters. The third kappa shape index (κ3) is 2.38. The first-order chi connectivity index (χ1) is 10.1. The topological polar surface area (TPSA) is 108 Å². The number of amides is 4. The smallest absolute Gasteiger partial charge is 0.331 e. The highest BCUT2D eigenvalue weighted by molar-refractivity contribution is 6.11. The van der Waals surface area contributed by atoms with Crippen LogP contribution >= 0.6 is 0 Å². The molecule has 1 aliphatic heterocycles. The van der Waals surface area contributed by atoms with Crippen molar-refractivity contribution in [3.8, 4) is 0 Å². The molecule has 1 fully saturated rings. The lowest BCUT2D eigenvalue weighted by Gasteiger charge is -2.16. The highest BCUT2D eigenvalue weighted by atomic mass is 16.2. The number of imide groups is 2. The minimum Gasteiger partial charge on any atom is -0.361 e. The first-order valence-corrected chi connectivity index (χ1v) is 6.52. The van der Waals surface area contributed by atoms with Crippen LogP contribution in [0.25, 0.3) is 10.9 Å². The lowest BCUT2D eigenvalue weighted by molar-refractivity contribution is -0.131. The van der Waals surface area contributed by atoms with Crippen LogP contribution in [0.3, 0.4) is 0 Å². The molecular weight excluding hydrogens is 272 g/mol. The third-order valence-corrected chi connectivity index (χ3v) is 3.49. The van der Waals surface area contributed by atoms with Gasteiger partial charge in [0.15, 0.2) is 0 Å². The molecule has 1 aromatic heterocycles. The first kappa shape index (κ1) is 13.3. The van der Waals surface area contributed by atoms with Crippen LogP contribution in [-0.4, -0.2) is 40.3 Å². The summed E-state index contributed by atoms with van der Waals surface area (Å²) in [7, 11) is 0. The number of nitrogens with one attached hydrogen (secondary N) is 2. The van der Waals surface area contributed by atoms with Gasteiger partial charge in [-0.1, -0.05) is 18.2 Å². The van der Waals surface area contributed by atoms with Gasteiger partial charge in [-0.05, 0) is 18.1 Å². The summed E-state index contributed by atoms with van der Waals surface area (Å²) in [5.41, 5.74) is 7.75. The number of hydrogen-bond donors (Lipinski definition) is 3. The number of carbonyl (C=O) groups is 3. The molecule has 0 aliphatic carbocycles. The van der Waals surface area contributed by atoms with Crippen molar-refractivity contribution in [3.05, 3.63) is 36.0 Å². The fourth-order valence-electron chi connectivity index (χ4n) is 2.44. The number of nitrogens with zero attached hydrogens (tertiary/aromatic N) is 1. The number of nitrogens with two attached hydrogens (primary N) is 1. The molecule has 0 spiro atoms. The second kappa shape index (κ2) is 5.02. The predicted molar refractivity (Wildman–Crippen MR) is 75.2 cm³/mol. The molecule has 4 amide bonds. The Balaban J connectivity index is 1.77. The van der Waals surface area contributed by atoms with E-state index in [4.69, 9.17) is 5.73 Å². The van der Waals surface area contributed by atoms with E-state index in [1.807, 2.05) is 24.3 Å². The van der Waals surface area contributed by atoms with Gasteiger partial charge in [-0.3, -0.25) is 19.8 Å². The molecule has 108 valence electrons. The van der Waals surface area contributed by atoms with Crippen LogP contribution < -0.4 is 11.1 Å². The summed E-state index contributed by atoms with van der Waals surface area (Å²) in [4.78, 5) is 38.7. The van der Waals surface area contributed by atoms with Gasteiger partial charge in [0, 0.05) is 17.1 Å². The van der Waals surface area contributed by atoms with Crippen LogP contribution in [0.15, 0.2) is 30.5 Å². The van der Waals surface area contributed by atoms with Crippen molar-refractivity contribution in [2.75, 3.05) is 6.54 Å². The number of para-hydroxylation sites is 1. The Morgan fingerprint density at radius 1 is 1.33 bits per heavy atom. The second-order valence-electron chi connectivity index (χ2n) is 4.95. The monoisotopic (exact) mass is 286 g/mol. The molecule has 0 unspecified atom stereocenters. The number of carbonyl (C=O) groups excluding carboxylic acids is 3. The van der Waals surface area contributed by atoms with Gasteiger partial charge >= 0.3 is 6.03 Å². The zero-order chi connectivity index (χ0) is 15.0. The average molecular weight is 286 g/mol. The zero-order valence-corrected chi connectivity index (χ0v) is 11.1. The highest BCUT2D eigenvalue weighted by Crippen LogP contribution is 2.19. The fraction of sp³-hybridized carbons (Fsp3) is 0.214. The largest absolute Gasteiger partial charge is 0.361 e. The number of H-pyrrole nitrogens is 1. The molecule has 0 bridgehead atoms. The third-order valence-electron chi connectivity index (χ3n) is 3.49. The molecule has 1 saturated heterocycles. The van der Waals surface area contributed by atoms with Crippen molar-refractivity contribution in [2.45, 2.75) is 12.5 Å². The van der Waals surface area contributed by atoms with E-state index >= 15 is 0 Å². The SMILES string of the molecule is N[C@@H](Cc1c[nH]c2ccccc12)C(=O)N1CC(=O)NC1=O. The van der Waals surface area contributed by atoms with Gasteiger partial charge in [0.05, 0.1) is 6.04 Å². The van der Waals surface area contributed by atoms with E-state index in [9.17, 15) is 14.4 Å². The van der Waals surface area contributed by atoms with Gasteiger partial charge in [0.1, 0.15) is 6.54 Å². The van der Waals surface area contributed by atoms with Crippen molar-refractivity contribution in [3.63, 3.8) is 0 Å². The van der Waals surface area contributed by atoms with Crippen molar-refractivity contribution >= 4 is 28.7 Å². The highest BCUT2D eigenvalue weighted by Gasteiger charge is 2.34. The van der Waals surface area contributed by atoms with Gasteiger partial charge in [-0.15, -0.1) is 0 Å². The maximum atomic E-state index is 12.1. The Bertz CT molecular complexity index is 737. The summed E-state index contributed by atoms with van der Waals surface area (Å²) in [6.45, 7) is -0.265. The molecule has 2 heterocycles. The Morgan fingerprint density at radius 2 is 2.10 bits per heavy atom. The van der Waals surface area contributed by atoms with E-state index in [1.165, 1.54) is 0 Å². The van der Waals surface area contributed by atoms with Crippen LogP contribution in [0.2, 0.25) is 0 Å². The summed E-state index contributed by atoms with van der Waals surface area (Å²) in [5.74, 6) is -1.05. The van der Waals surface area contributed by atoms with Crippen LogP contribution in [-0.2, 0) is 16.0 Å². The van der Waals surface area contributed by atoms with Crippen molar-refractivity contribution in [1.82, 2.24) is 15.2 Å². The van der Waals surface area contributed by atoms with E-state index in [0.717, 1.165) is 21.4 Å². The number of benzene rings is 1. The van der Waals surface area contributed by atoms with E-state index in [0.29, 0.717) is 6.42 Å². The number of fused-ring (bicyclic) bond motifs is 1. The van der Waals surface area contributed by atoms with E-state index < -0.39 is 23.9 Å². The molecule has 3 rings (SSSR count). The lowest BCUT2D eigenvalue weighted by atomic mass is 10.0. The molecule has 0 radical (unpaired) electrons. The summed E-state index contributed by atoms with van der Waals surface area (Å²) in [6, 6.07) is 6.09. The van der Waals surface area contributed by atoms with Gasteiger partial charge in [-0.25, -0.2) is 4.79 Å². The maximum Gasteiger partial charge on any atom is 0.331 e. The first-order valence-electron chi connectivity index (χ1n) is 6.52. The lowest BCUT2D eigenvalue weighted by Crippen LogP contribution is -2.46. The molecule has 7 heteroatoms. The molecule has 2 aromatic rings. The van der Waals surface area contributed by atoms with Gasteiger partial charge in [0.2, 0.25) is 11.8 Å². The Kier molecular flexibility index (Phi) is 3.19. The average Bonchev–Trinajstić information content (AvgIpc) is 3.02. The van der Waals surface area contributed by atoms with Crippen molar-refractivity contribution in [1.29, 1.82) is 0 Å². The van der Waals surface area contributed by atoms with Crippen LogP contribution in [0.5, 0.6) is 0 Å². The summed E-state index contributed by atoms with van der Waals surface area (Å²) >= 11 is 0. The Morgan fingerprint density at radius 3 is 2.81 bits per heavy atom. The van der Waals surface area contributed by atoms with E-state index in [2.05, 4.69) is 10.3 Å². The van der Waals surface area contributed by atoms with Gasteiger partial charge in [0.25, 0.3) is 0 Å². The van der Waals surface area contributed by atoms with Crippen molar-refractivity contribution in [2.24, 2.45) is 5.73 Å². The van der Waals surface area contributed by atoms with Gasteiger partial charge in [-0.2, -0.15) is 0 Å². The number of aromatic amines is 1. The zero-order valence-electron chi connectivity index (χ0n) is 11.1. The van der Waals surface area contributed by atoms with E-state index in [1.54, 1.807) is 6.20 Å². The quantitative estimate of drug-likeness (QED) is 0.696. The summed E-state index contributed by atoms with van der Waals surface area (Å²) in [5, 5.41) is 3.05. The number of hydrogen-bond acceptors (Lipinski definition) is 4. The molecule has 0 saturated carbocycles. The number of rotatable bonds is 3. The predicted octanol–water partition coefficient (Wildman–Crippen LogP) is 0.116. The van der Waals surface area contributed by atoms with Crippen LogP contribution in [0.4, 0.5) is 4.79 Å². The van der Waals surface area contributed by atoms with E-state index in [-0.39, 0.29) is 6.54 Å². The fourth-order valence-corrected chi connectivity index (χ4v) is 2.44. The molecule has 7 nitrogen and oxygen atoms in total. The molecule has 21 heavy (non-hydrogen) atoms. The molecule has 4 N–H and O–H groups in total. The maximum absolute atomic E-state index is 12.1. The summed E-state index contributed by atoms with van der Waals surface area (Å²) in [6.07, 6.45) is 2.09. The van der Waals surface area contributed by atoms with Crippen molar-refractivity contribution < 1.29 is 14.4 Å². The standard InChI is InChI=1S/C14H14N4O3/c15-10(13(20)18-7-12(19)17-14(18)21)5-8-6-16-11-4-2-1-3-9(8)11/h1-4,6,10,16H,5,7,15H2,(H,17,19,21)/t10-/m0/s1. The molecular formula is C14H14N4O3. The number of aromatic nitrogens is 1. The van der Waals surface area contributed by atoms with Crippen LogP contribution in [0, 0.1) is 0 Å². The second-order valence-corrected chi connectivity index (χ2v) is 4.95. The van der Waals surface area contributed by atoms with Gasteiger partial charge < -0.3 is 10.7 Å².